The standard InChI is InChI=1S/C19H32O2S/c1-13-15-16(14(2)22-13)21-12-19(11-20-15,9-17(3,4)5)10-18(6,7)8/h9-12H2,1-8H3. The lowest BCUT2D eigenvalue weighted by atomic mass is 9.67. The van der Waals surface area contributed by atoms with Crippen LogP contribution in [0, 0.1) is 30.1 Å². The quantitative estimate of drug-likeness (QED) is 0.664. The minimum Gasteiger partial charge on any atom is -0.488 e. The molecule has 0 atom stereocenters. The second kappa shape index (κ2) is 5.74. The van der Waals surface area contributed by atoms with Crippen LogP contribution in [0.4, 0.5) is 0 Å². The predicted octanol–water partition coefficient (Wildman–Crippen LogP) is 5.99. The maximum absolute atomic E-state index is 6.29. The number of ether oxygens (including phenoxy) is 2. The van der Waals surface area contributed by atoms with Crippen LogP contribution >= 0.6 is 11.3 Å². The minimum atomic E-state index is 0.0755. The van der Waals surface area contributed by atoms with Crippen molar-refractivity contribution in [1.29, 1.82) is 0 Å². The van der Waals surface area contributed by atoms with Crippen molar-refractivity contribution in [1.82, 2.24) is 0 Å². The van der Waals surface area contributed by atoms with E-state index in [2.05, 4.69) is 55.4 Å². The Balaban J connectivity index is 2.31. The van der Waals surface area contributed by atoms with Crippen LogP contribution in [-0.2, 0) is 0 Å². The van der Waals surface area contributed by atoms with Gasteiger partial charge in [0.25, 0.3) is 0 Å². The van der Waals surface area contributed by atoms with Crippen LogP contribution in [0.25, 0.3) is 0 Å². The fraction of sp³-hybridized carbons (Fsp3) is 0.789. The highest BCUT2D eigenvalue weighted by Crippen LogP contribution is 2.49. The van der Waals surface area contributed by atoms with Gasteiger partial charge < -0.3 is 9.47 Å². The van der Waals surface area contributed by atoms with Crippen molar-refractivity contribution in [3.05, 3.63) is 9.75 Å². The summed E-state index contributed by atoms with van der Waals surface area (Å²) in [6.07, 6.45) is 2.23. The lowest BCUT2D eigenvalue weighted by Crippen LogP contribution is -2.40. The van der Waals surface area contributed by atoms with Crippen LogP contribution in [0.3, 0.4) is 0 Å². The van der Waals surface area contributed by atoms with Gasteiger partial charge in [-0.3, -0.25) is 0 Å². The molecule has 0 saturated carbocycles. The molecular weight excluding hydrogens is 292 g/mol. The maximum Gasteiger partial charge on any atom is 0.175 e. The van der Waals surface area contributed by atoms with E-state index in [1.165, 1.54) is 9.75 Å². The summed E-state index contributed by atoms with van der Waals surface area (Å²) in [6, 6.07) is 0. The zero-order valence-electron chi connectivity index (χ0n) is 15.6. The molecule has 0 radical (unpaired) electrons. The second-order valence-corrected chi connectivity index (χ2v) is 10.9. The van der Waals surface area contributed by atoms with Crippen molar-refractivity contribution in [2.24, 2.45) is 16.2 Å². The Labute approximate surface area is 140 Å². The summed E-state index contributed by atoms with van der Waals surface area (Å²) in [5.74, 6) is 1.96. The zero-order chi connectivity index (χ0) is 16.8. The number of hydrogen-bond donors (Lipinski definition) is 0. The average Bonchev–Trinajstić information content (AvgIpc) is 2.44. The van der Waals surface area contributed by atoms with E-state index in [-0.39, 0.29) is 16.2 Å². The van der Waals surface area contributed by atoms with Gasteiger partial charge in [-0.2, -0.15) is 0 Å². The number of rotatable bonds is 2. The Bertz CT molecular complexity index is 482. The molecule has 1 aliphatic heterocycles. The van der Waals surface area contributed by atoms with Crippen molar-refractivity contribution in [3.63, 3.8) is 0 Å². The van der Waals surface area contributed by atoms with Crippen molar-refractivity contribution in [3.8, 4) is 11.5 Å². The molecule has 1 aliphatic rings. The summed E-state index contributed by atoms with van der Waals surface area (Å²) in [7, 11) is 0. The fourth-order valence-electron chi connectivity index (χ4n) is 3.99. The monoisotopic (exact) mass is 324 g/mol. The van der Waals surface area contributed by atoms with E-state index < -0.39 is 0 Å². The van der Waals surface area contributed by atoms with Crippen molar-refractivity contribution < 1.29 is 9.47 Å². The third kappa shape index (κ3) is 4.18. The smallest absolute Gasteiger partial charge is 0.175 e. The van der Waals surface area contributed by atoms with Crippen molar-refractivity contribution in [2.45, 2.75) is 68.2 Å². The molecule has 0 bridgehead atoms. The third-order valence-corrected chi connectivity index (χ3v) is 4.99. The predicted molar refractivity (Wildman–Crippen MR) is 95.4 cm³/mol. The highest BCUT2D eigenvalue weighted by Gasteiger charge is 2.42. The summed E-state index contributed by atoms with van der Waals surface area (Å²) in [5.41, 5.74) is 0.601. The highest BCUT2D eigenvalue weighted by atomic mass is 32.1. The molecular formula is C19H32O2S. The Morgan fingerprint density at radius 2 is 1.18 bits per heavy atom. The fourth-order valence-corrected chi connectivity index (χ4v) is 4.93. The first-order valence-electron chi connectivity index (χ1n) is 8.27. The van der Waals surface area contributed by atoms with Crippen LogP contribution in [0.2, 0.25) is 0 Å². The van der Waals surface area contributed by atoms with Crippen LogP contribution in [0.1, 0.15) is 64.1 Å². The van der Waals surface area contributed by atoms with Crippen LogP contribution in [0.15, 0.2) is 0 Å². The molecule has 22 heavy (non-hydrogen) atoms. The molecule has 0 fully saturated rings. The lowest BCUT2D eigenvalue weighted by Gasteiger charge is -2.40. The Morgan fingerprint density at radius 3 is 1.50 bits per heavy atom. The largest absolute Gasteiger partial charge is 0.488 e. The lowest BCUT2D eigenvalue weighted by molar-refractivity contribution is 0.0217. The van der Waals surface area contributed by atoms with Gasteiger partial charge in [0, 0.05) is 15.2 Å². The van der Waals surface area contributed by atoms with Crippen LogP contribution in [0.5, 0.6) is 11.5 Å². The SMILES string of the molecule is Cc1sc(C)c2c1OCC(CC(C)(C)C)(CC(C)(C)C)CO2. The molecule has 0 N–H and O–H groups in total. The maximum atomic E-state index is 6.29. The van der Waals surface area contributed by atoms with E-state index in [1.807, 2.05) is 0 Å². The number of fused-ring (bicyclic) bond motifs is 1. The normalized spacial score (nSPS) is 18.2. The molecule has 2 heterocycles. The number of hydrogen-bond acceptors (Lipinski definition) is 3. The topological polar surface area (TPSA) is 18.5 Å². The van der Waals surface area contributed by atoms with Gasteiger partial charge in [-0.25, -0.2) is 0 Å². The summed E-state index contributed by atoms with van der Waals surface area (Å²) < 4.78 is 12.6. The van der Waals surface area contributed by atoms with Gasteiger partial charge in [0.05, 0.1) is 13.2 Å². The number of thiophene rings is 1. The summed E-state index contributed by atoms with van der Waals surface area (Å²) in [6.45, 7) is 19.6. The molecule has 2 rings (SSSR count). The van der Waals surface area contributed by atoms with E-state index >= 15 is 0 Å². The molecule has 3 heteroatoms. The molecule has 1 aromatic rings. The van der Waals surface area contributed by atoms with Gasteiger partial charge in [-0.15, -0.1) is 11.3 Å². The van der Waals surface area contributed by atoms with Gasteiger partial charge >= 0.3 is 0 Å². The number of aryl methyl sites for hydroxylation is 2. The average molecular weight is 325 g/mol. The first-order valence-corrected chi connectivity index (χ1v) is 9.08. The Hall–Kier alpha value is -0.700. The molecule has 0 spiro atoms. The van der Waals surface area contributed by atoms with Crippen molar-refractivity contribution >= 4 is 11.3 Å². The van der Waals surface area contributed by atoms with E-state index in [1.54, 1.807) is 11.3 Å². The molecule has 2 nitrogen and oxygen atoms in total. The first-order chi connectivity index (χ1) is 9.91. The van der Waals surface area contributed by atoms with Crippen LogP contribution < -0.4 is 9.47 Å². The Morgan fingerprint density at radius 1 is 0.818 bits per heavy atom. The Kier molecular flexibility index (Phi) is 4.60. The molecule has 1 aromatic heterocycles. The van der Waals surface area contributed by atoms with Gasteiger partial charge in [-0.05, 0) is 37.5 Å². The highest BCUT2D eigenvalue weighted by molar-refractivity contribution is 7.12. The minimum absolute atomic E-state index is 0.0755. The van der Waals surface area contributed by atoms with E-state index in [4.69, 9.17) is 9.47 Å². The van der Waals surface area contributed by atoms with E-state index in [0.29, 0.717) is 0 Å². The first kappa shape index (κ1) is 17.7. The summed E-state index contributed by atoms with van der Waals surface area (Å²) in [4.78, 5) is 2.46. The van der Waals surface area contributed by atoms with Gasteiger partial charge in [0.15, 0.2) is 11.5 Å². The third-order valence-electron chi connectivity index (χ3n) is 4.01. The summed E-state index contributed by atoms with van der Waals surface area (Å²) in [5, 5.41) is 0. The molecule has 0 aliphatic carbocycles. The van der Waals surface area contributed by atoms with Gasteiger partial charge in [-0.1, -0.05) is 41.5 Å². The van der Waals surface area contributed by atoms with E-state index in [9.17, 15) is 0 Å². The molecule has 0 saturated heterocycles. The molecule has 0 aromatic carbocycles. The zero-order valence-corrected chi connectivity index (χ0v) is 16.4. The van der Waals surface area contributed by atoms with E-state index in [0.717, 1.165) is 37.6 Å². The van der Waals surface area contributed by atoms with Crippen molar-refractivity contribution in [2.75, 3.05) is 13.2 Å². The van der Waals surface area contributed by atoms with Crippen LogP contribution in [-0.4, -0.2) is 13.2 Å². The molecule has 0 unspecified atom stereocenters. The summed E-state index contributed by atoms with van der Waals surface area (Å²) >= 11 is 1.77. The van der Waals surface area contributed by atoms with Gasteiger partial charge in [0.1, 0.15) is 0 Å². The molecule has 0 amide bonds. The van der Waals surface area contributed by atoms with Gasteiger partial charge in [0.2, 0.25) is 0 Å². The second-order valence-electron chi connectivity index (χ2n) is 9.42. The molecule has 126 valence electrons.